The molecule has 7 nitrogen and oxygen atoms in total. The predicted molar refractivity (Wildman–Crippen MR) is 115 cm³/mol. The highest BCUT2D eigenvalue weighted by molar-refractivity contribution is 7.99. The number of amides is 1. The lowest BCUT2D eigenvalue weighted by Gasteiger charge is -2.35. The van der Waals surface area contributed by atoms with E-state index in [1.807, 2.05) is 35.4 Å². The van der Waals surface area contributed by atoms with Crippen molar-refractivity contribution in [2.24, 2.45) is 0 Å². The zero-order valence-corrected chi connectivity index (χ0v) is 17.6. The summed E-state index contributed by atoms with van der Waals surface area (Å²) in [6.45, 7) is 3.08. The van der Waals surface area contributed by atoms with Crippen molar-refractivity contribution in [2.75, 3.05) is 36.8 Å². The minimum Gasteiger partial charge on any atom is -0.353 e. The maximum atomic E-state index is 12.8. The SMILES string of the molecule is O=C(CSc1nnc(-c2cccs2)n1C1CC1)N1CCN(c2ccccn2)CC1. The van der Waals surface area contributed by atoms with Crippen molar-refractivity contribution < 1.29 is 4.79 Å². The first-order chi connectivity index (χ1) is 14.3. The van der Waals surface area contributed by atoms with Gasteiger partial charge in [-0.05, 0) is 36.4 Å². The fourth-order valence-electron chi connectivity index (χ4n) is 3.55. The van der Waals surface area contributed by atoms with Crippen molar-refractivity contribution in [3.8, 4) is 10.7 Å². The summed E-state index contributed by atoms with van der Waals surface area (Å²) >= 11 is 3.19. The van der Waals surface area contributed by atoms with E-state index in [-0.39, 0.29) is 5.91 Å². The first-order valence-corrected chi connectivity index (χ1v) is 11.7. The van der Waals surface area contributed by atoms with E-state index in [0.717, 1.165) is 60.7 Å². The summed E-state index contributed by atoms with van der Waals surface area (Å²) < 4.78 is 2.22. The van der Waals surface area contributed by atoms with Gasteiger partial charge in [-0.2, -0.15) is 0 Å². The van der Waals surface area contributed by atoms with Crippen LogP contribution in [-0.4, -0.2) is 62.5 Å². The van der Waals surface area contributed by atoms with E-state index in [9.17, 15) is 4.79 Å². The van der Waals surface area contributed by atoms with Crippen LogP contribution in [0.3, 0.4) is 0 Å². The Labute approximate surface area is 177 Å². The van der Waals surface area contributed by atoms with E-state index in [1.165, 1.54) is 11.8 Å². The maximum Gasteiger partial charge on any atom is 0.233 e. The van der Waals surface area contributed by atoms with Crippen LogP contribution < -0.4 is 4.90 Å². The van der Waals surface area contributed by atoms with Crippen LogP contribution in [0.1, 0.15) is 18.9 Å². The van der Waals surface area contributed by atoms with Gasteiger partial charge in [0.15, 0.2) is 11.0 Å². The highest BCUT2D eigenvalue weighted by Gasteiger charge is 2.31. The molecule has 150 valence electrons. The van der Waals surface area contributed by atoms with Gasteiger partial charge in [-0.3, -0.25) is 9.36 Å². The Morgan fingerprint density at radius 2 is 1.97 bits per heavy atom. The Morgan fingerprint density at radius 1 is 1.10 bits per heavy atom. The molecule has 2 aliphatic rings. The number of hydrogen-bond acceptors (Lipinski definition) is 7. The largest absolute Gasteiger partial charge is 0.353 e. The Morgan fingerprint density at radius 3 is 2.66 bits per heavy atom. The van der Waals surface area contributed by atoms with Crippen LogP contribution in [-0.2, 0) is 4.79 Å². The number of carbonyl (C=O) groups is 1. The molecule has 3 aromatic heterocycles. The van der Waals surface area contributed by atoms with Crippen LogP contribution in [0.4, 0.5) is 5.82 Å². The molecule has 0 bridgehead atoms. The summed E-state index contributed by atoms with van der Waals surface area (Å²) in [6.07, 6.45) is 4.13. The molecule has 29 heavy (non-hydrogen) atoms. The van der Waals surface area contributed by atoms with Gasteiger partial charge in [-0.1, -0.05) is 23.9 Å². The van der Waals surface area contributed by atoms with Gasteiger partial charge < -0.3 is 9.80 Å². The average molecular weight is 427 g/mol. The molecule has 1 aliphatic carbocycles. The Hall–Kier alpha value is -2.39. The Bertz CT molecular complexity index is 962. The molecule has 0 unspecified atom stereocenters. The van der Waals surface area contributed by atoms with E-state index in [0.29, 0.717) is 11.8 Å². The van der Waals surface area contributed by atoms with Gasteiger partial charge in [0, 0.05) is 38.4 Å². The van der Waals surface area contributed by atoms with Crippen molar-refractivity contribution in [1.29, 1.82) is 0 Å². The van der Waals surface area contributed by atoms with Gasteiger partial charge in [0.05, 0.1) is 10.6 Å². The van der Waals surface area contributed by atoms with Crippen LogP contribution in [0.15, 0.2) is 47.1 Å². The second-order valence-corrected chi connectivity index (χ2v) is 9.12. The summed E-state index contributed by atoms with van der Waals surface area (Å²) in [5.74, 6) is 2.48. The lowest BCUT2D eigenvalue weighted by molar-refractivity contribution is -0.128. The molecule has 1 aliphatic heterocycles. The van der Waals surface area contributed by atoms with Crippen molar-refractivity contribution in [2.45, 2.75) is 24.0 Å². The smallest absolute Gasteiger partial charge is 0.233 e. The standard InChI is InChI=1S/C20H22N6OS2/c27-18(25-11-9-24(10-12-25)17-5-1-2-8-21-17)14-29-20-23-22-19(16-4-3-13-28-16)26(20)15-6-7-15/h1-5,8,13,15H,6-7,9-12,14H2. The van der Waals surface area contributed by atoms with Gasteiger partial charge in [-0.25, -0.2) is 4.98 Å². The molecule has 0 radical (unpaired) electrons. The number of nitrogens with zero attached hydrogens (tertiary/aromatic N) is 6. The van der Waals surface area contributed by atoms with Gasteiger partial charge in [0.1, 0.15) is 5.82 Å². The van der Waals surface area contributed by atoms with Gasteiger partial charge in [-0.15, -0.1) is 21.5 Å². The minimum atomic E-state index is 0.165. The molecule has 1 saturated carbocycles. The fourth-order valence-corrected chi connectivity index (χ4v) is 5.17. The van der Waals surface area contributed by atoms with Crippen LogP contribution in [0.25, 0.3) is 10.7 Å². The molecular formula is C20H22N6OS2. The zero-order valence-electron chi connectivity index (χ0n) is 16.0. The molecule has 9 heteroatoms. The second kappa shape index (κ2) is 8.16. The topological polar surface area (TPSA) is 67.2 Å². The third-order valence-corrected chi connectivity index (χ3v) is 7.04. The normalized spacial score (nSPS) is 17.0. The van der Waals surface area contributed by atoms with Crippen molar-refractivity contribution in [1.82, 2.24) is 24.6 Å². The maximum absolute atomic E-state index is 12.8. The van der Waals surface area contributed by atoms with Crippen LogP contribution in [0, 0.1) is 0 Å². The summed E-state index contributed by atoms with van der Waals surface area (Å²) in [4.78, 5) is 22.5. The lowest BCUT2D eigenvalue weighted by Crippen LogP contribution is -2.49. The van der Waals surface area contributed by atoms with Crippen LogP contribution in [0.5, 0.6) is 0 Å². The molecule has 4 heterocycles. The monoisotopic (exact) mass is 426 g/mol. The summed E-state index contributed by atoms with van der Waals surface area (Å²) in [5.41, 5.74) is 0. The summed E-state index contributed by atoms with van der Waals surface area (Å²) in [7, 11) is 0. The fraction of sp³-hybridized carbons (Fsp3) is 0.400. The van der Waals surface area contributed by atoms with E-state index in [2.05, 4.69) is 36.1 Å². The number of carbonyl (C=O) groups excluding carboxylic acids is 1. The summed E-state index contributed by atoms with van der Waals surface area (Å²) in [6, 6.07) is 10.5. The third kappa shape index (κ3) is 4.02. The van der Waals surface area contributed by atoms with Gasteiger partial charge in [0.25, 0.3) is 0 Å². The van der Waals surface area contributed by atoms with Gasteiger partial charge >= 0.3 is 0 Å². The molecule has 5 rings (SSSR count). The average Bonchev–Trinajstić information content (AvgIpc) is 3.29. The van der Waals surface area contributed by atoms with E-state index < -0.39 is 0 Å². The molecule has 0 spiro atoms. The molecule has 1 amide bonds. The first-order valence-electron chi connectivity index (χ1n) is 9.85. The lowest BCUT2D eigenvalue weighted by atomic mass is 10.3. The molecule has 0 aromatic carbocycles. The molecule has 0 atom stereocenters. The molecular weight excluding hydrogens is 404 g/mol. The second-order valence-electron chi connectivity index (χ2n) is 7.23. The van der Waals surface area contributed by atoms with Crippen LogP contribution in [0.2, 0.25) is 0 Å². The van der Waals surface area contributed by atoms with Gasteiger partial charge in [0.2, 0.25) is 5.91 Å². The van der Waals surface area contributed by atoms with Crippen molar-refractivity contribution >= 4 is 34.8 Å². The highest BCUT2D eigenvalue weighted by atomic mass is 32.2. The molecule has 0 N–H and O–H groups in total. The number of thioether (sulfide) groups is 1. The first kappa shape index (κ1) is 18.6. The Balaban J connectivity index is 1.20. The summed E-state index contributed by atoms with van der Waals surface area (Å²) in [5, 5.41) is 11.7. The minimum absolute atomic E-state index is 0.165. The van der Waals surface area contributed by atoms with E-state index in [1.54, 1.807) is 11.3 Å². The van der Waals surface area contributed by atoms with Crippen molar-refractivity contribution in [3.63, 3.8) is 0 Å². The van der Waals surface area contributed by atoms with Crippen molar-refractivity contribution in [3.05, 3.63) is 41.9 Å². The molecule has 2 fully saturated rings. The number of pyridine rings is 1. The van der Waals surface area contributed by atoms with Crippen LogP contribution >= 0.6 is 23.1 Å². The zero-order chi connectivity index (χ0) is 19.6. The Kier molecular flexibility index (Phi) is 5.24. The number of piperazine rings is 1. The quantitative estimate of drug-likeness (QED) is 0.564. The molecule has 3 aromatic rings. The highest BCUT2D eigenvalue weighted by Crippen LogP contribution is 2.41. The molecule has 1 saturated heterocycles. The number of anilines is 1. The van der Waals surface area contributed by atoms with E-state index >= 15 is 0 Å². The number of hydrogen-bond donors (Lipinski definition) is 0. The number of thiophene rings is 1. The third-order valence-electron chi connectivity index (χ3n) is 5.25. The number of aromatic nitrogens is 4. The predicted octanol–water partition coefficient (Wildman–Crippen LogP) is 3.18. The van der Waals surface area contributed by atoms with E-state index in [4.69, 9.17) is 0 Å². The number of rotatable bonds is 6.